The van der Waals surface area contributed by atoms with Gasteiger partial charge in [0.1, 0.15) is 0 Å². The summed E-state index contributed by atoms with van der Waals surface area (Å²) >= 11 is 0. The predicted molar refractivity (Wildman–Crippen MR) is 104 cm³/mol. The van der Waals surface area contributed by atoms with Gasteiger partial charge in [0.05, 0.1) is 11.4 Å². The van der Waals surface area contributed by atoms with Crippen LogP contribution < -0.4 is 22.9 Å². The molecule has 0 amide bonds. The second-order valence-corrected chi connectivity index (χ2v) is 5.33. The van der Waals surface area contributed by atoms with Gasteiger partial charge in [0.15, 0.2) is 11.9 Å². The van der Waals surface area contributed by atoms with Crippen molar-refractivity contribution in [3.63, 3.8) is 0 Å². The van der Waals surface area contributed by atoms with Gasteiger partial charge in [-0.2, -0.15) is 0 Å². The number of benzene rings is 2. The molecular weight excluding hydrogens is 347 g/mol. The van der Waals surface area contributed by atoms with Crippen molar-refractivity contribution in [2.45, 2.75) is 12.8 Å². The van der Waals surface area contributed by atoms with Gasteiger partial charge in [0, 0.05) is 0 Å². The van der Waals surface area contributed by atoms with Crippen LogP contribution in [0.15, 0.2) is 46.4 Å². The summed E-state index contributed by atoms with van der Waals surface area (Å²) in [5.74, 6) is 0.135. The van der Waals surface area contributed by atoms with Crippen molar-refractivity contribution in [1.29, 1.82) is 0 Å². The highest BCUT2D eigenvalue weighted by Crippen LogP contribution is 2.31. The first-order valence-electron chi connectivity index (χ1n) is 6.94. The molecule has 3 rings (SSSR count). The van der Waals surface area contributed by atoms with Crippen LogP contribution in [-0.2, 0) is 12.8 Å². The SMILES string of the molecule is Cl.Cl.NC(N)=Nc1ccc2c(c1)Cc1ccc(N=C(N)N)cc1C2. The largest absolute Gasteiger partial charge is 0.370 e. The molecule has 1 aliphatic rings. The van der Waals surface area contributed by atoms with Gasteiger partial charge < -0.3 is 22.9 Å². The molecule has 1 aliphatic carbocycles. The van der Waals surface area contributed by atoms with E-state index in [1.54, 1.807) is 0 Å². The zero-order valence-electron chi connectivity index (χ0n) is 12.9. The zero-order chi connectivity index (χ0) is 15.7. The molecule has 0 fully saturated rings. The van der Waals surface area contributed by atoms with Crippen molar-refractivity contribution in [2.24, 2.45) is 32.9 Å². The molecule has 0 unspecified atom stereocenters. The van der Waals surface area contributed by atoms with Crippen LogP contribution in [0.3, 0.4) is 0 Å². The van der Waals surface area contributed by atoms with Crippen LogP contribution in [0, 0.1) is 0 Å². The molecule has 0 aliphatic heterocycles. The fourth-order valence-electron chi connectivity index (χ4n) is 2.75. The Balaban J connectivity index is 0.00000144. The molecule has 8 heteroatoms. The number of aliphatic imine (C=N–C) groups is 2. The highest BCUT2D eigenvalue weighted by molar-refractivity contribution is 5.85. The van der Waals surface area contributed by atoms with Crippen LogP contribution in [0.1, 0.15) is 22.3 Å². The van der Waals surface area contributed by atoms with Gasteiger partial charge in [-0.15, -0.1) is 24.8 Å². The lowest BCUT2D eigenvalue weighted by molar-refractivity contribution is 1.00. The van der Waals surface area contributed by atoms with Crippen molar-refractivity contribution in [3.8, 4) is 0 Å². The molecule has 128 valence electrons. The second kappa shape index (κ2) is 7.90. The Morgan fingerprint density at radius 1 is 0.625 bits per heavy atom. The number of guanidine groups is 2. The maximum atomic E-state index is 5.43. The third kappa shape index (κ3) is 4.31. The van der Waals surface area contributed by atoms with Crippen LogP contribution in [-0.4, -0.2) is 11.9 Å². The molecule has 0 bridgehead atoms. The van der Waals surface area contributed by atoms with Gasteiger partial charge in [-0.25, -0.2) is 9.98 Å². The van der Waals surface area contributed by atoms with Gasteiger partial charge in [0.2, 0.25) is 0 Å². The van der Waals surface area contributed by atoms with E-state index in [0.29, 0.717) is 0 Å². The quantitative estimate of drug-likeness (QED) is 0.407. The lowest BCUT2D eigenvalue weighted by atomic mass is 9.85. The maximum absolute atomic E-state index is 5.43. The maximum Gasteiger partial charge on any atom is 0.191 e. The Kier molecular flexibility index (Phi) is 6.45. The molecule has 0 heterocycles. The number of halogens is 2. The lowest BCUT2D eigenvalue weighted by Crippen LogP contribution is -2.22. The Morgan fingerprint density at radius 2 is 1.00 bits per heavy atom. The van der Waals surface area contributed by atoms with E-state index in [4.69, 9.17) is 22.9 Å². The van der Waals surface area contributed by atoms with E-state index in [1.165, 1.54) is 22.3 Å². The molecule has 24 heavy (non-hydrogen) atoms. The van der Waals surface area contributed by atoms with E-state index in [9.17, 15) is 0 Å². The first-order chi connectivity index (χ1) is 10.5. The summed E-state index contributed by atoms with van der Waals surface area (Å²) in [5, 5.41) is 0. The average Bonchev–Trinajstić information content (AvgIpc) is 2.44. The summed E-state index contributed by atoms with van der Waals surface area (Å²) in [4.78, 5) is 8.19. The van der Waals surface area contributed by atoms with E-state index < -0.39 is 0 Å². The smallest absolute Gasteiger partial charge is 0.191 e. The summed E-state index contributed by atoms with van der Waals surface area (Å²) in [6.07, 6.45) is 1.70. The van der Waals surface area contributed by atoms with E-state index in [1.807, 2.05) is 24.3 Å². The first-order valence-corrected chi connectivity index (χ1v) is 6.94. The van der Waals surface area contributed by atoms with Crippen molar-refractivity contribution in [1.82, 2.24) is 0 Å². The highest BCUT2D eigenvalue weighted by Gasteiger charge is 2.16. The van der Waals surface area contributed by atoms with Crippen LogP contribution in [0.25, 0.3) is 0 Å². The van der Waals surface area contributed by atoms with Crippen LogP contribution in [0.4, 0.5) is 11.4 Å². The number of fused-ring (bicyclic) bond motifs is 2. The van der Waals surface area contributed by atoms with E-state index >= 15 is 0 Å². The summed E-state index contributed by atoms with van der Waals surface area (Å²) < 4.78 is 0. The summed E-state index contributed by atoms with van der Waals surface area (Å²) in [7, 11) is 0. The molecule has 0 aromatic heterocycles. The normalized spacial score (nSPS) is 11.0. The highest BCUT2D eigenvalue weighted by atomic mass is 35.5. The molecule has 6 nitrogen and oxygen atoms in total. The van der Waals surface area contributed by atoms with E-state index in [0.717, 1.165) is 24.2 Å². The number of hydrogen-bond donors (Lipinski definition) is 4. The van der Waals surface area contributed by atoms with Crippen LogP contribution in [0.2, 0.25) is 0 Å². The summed E-state index contributed by atoms with van der Waals surface area (Å²) in [6.45, 7) is 0. The van der Waals surface area contributed by atoms with Gasteiger partial charge in [-0.1, -0.05) is 12.1 Å². The topological polar surface area (TPSA) is 129 Å². The Bertz CT molecular complexity index is 726. The molecule has 2 aromatic rings. The second-order valence-electron chi connectivity index (χ2n) is 5.33. The predicted octanol–water partition coefficient (Wildman–Crippen LogP) is 1.84. The van der Waals surface area contributed by atoms with Gasteiger partial charge in [-0.05, 0) is 59.4 Å². The summed E-state index contributed by atoms with van der Waals surface area (Å²) in [5.41, 5.74) is 28.3. The molecule has 0 saturated heterocycles. The van der Waals surface area contributed by atoms with E-state index in [-0.39, 0.29) is 36.7 Å². The van der Waals surface area contributed by atoms with E-state index in [2.05, 4.69) is 22.1 Å². The minimum absolute atomic E-state index is 0. The third-order valence-corrected chi connectivity index (χ3v) is 3.66. The molecular formula is C16H20Cl2N6. The molecule has 0 saturated carbocycles. The molecule has 2 aromatic carbocycles. The number of nitrogens with two attached hydrogens (primary N) is 4. The van der Waals surface area contributed by atoms with Crippen LogP contribution >= 0.6 is 24.8 Å². The number of nitrogens with zero attached hydrogens (tertiary/aromatic N) is 2. The minimum Gasteiger partial charge on any atom is -0.370 e. The zero-order valence-corrected chi connectivity index (χ0v) is 14.5. The Morgan fingerprint density at radius 3 is 1.33 bits per heavy atom. The van der Waals surface area contributed by atoms with Gasteiger partial charge >= 0.3 is 0 Å². The van der Waals surface area contributed by atoms with Crippen LogP contribution in [0.5, 0.6) is 0 Å². The molecule has 0 radical (unpaired) electrons. The average molecular weight is 367 g/mol. The fraction of sp³-hybridized carbons (Fsp3) is 0.125. The number of hydrogen-bond acceptors (Lipinski definition) is 2. The first kappa shape index (κ1) is 19.6. The van der Waals surface area contributed by atoms with Crippen molar-refractivity contribution >= 4 is 48.1 Å². The van der Waals surface area contributed by atoms with Crippen molar-refractivity contribution < 1.29 is 0 Å². The number of rotatable bonds is 2. The monoisotopic (exact) mass is 366 g/mol. The van der Waals surface area contributed by atoms with Gasteiger partial charge in [-0.3, -0.25) is 0 Å². The Labute approximate surface area is 152 Å². The molecule has 0 spiro atoms. The third-order valence-electron chi connectivity index (χ3n) is 3.66. The Hall–Kier alpha value is -2.44. The summed E-state index contributed by atoms with van der Waals surface area (Å²) in [6, 6.07) is 12.0. The molecule has 0 atom stereocenters. The fourth-order valence-corrected chi connectivity index (χ4v) is 2.75. The van der Waals surface area contributed by atoms with Crippen molar-refractivity contribution in [3.05, 3.63) is 58.7 Å². The molecule has 8 N–H and O–H groups in total. The van der Waals surface area contributed by atoms with Crippen molar-refractivity contribution in [2.75, 3.05) is 0 Å². The standard InChI is InChI=1S/C16H18N6.2ClH/c17-15(18)21-13-3-1-9-5-12-8-14(22-16(19)20)4-2-10(12)6-11(9)7-13;;/h1-4,7-8H,5-6H2,(H4,17,18,21)(H4,19,20,22);2*1H. The van der Waals surface area contributed by atoms with Gasteiger partial charge in [0.25, 0.3) is 0 Å². The lowest BCUT2D eigenvalue weighted by Gasteiger charge is -2.20. The minimum atomic E-state index is 0.